The van der Waals surface area contributed by atoms with Crippen molar-refractivity contribution in [2.45, 2.75) is 25.7 Å². The molecule has 1 aliphatic rings. The number of morpholine rings is 1. The Kier molecular flexibility index (Phi) is 5.05. The fraction of sp³-hybridized carbons (Fsp3) is 0.412. The molecule has 0 radical (unpaired) electrons. The van der Waals surface area contributed by atoms with Crippen molar-refractivity contribution < 1.29 is 14.3 Å². The normalized spacial score (nSPS) is 22.0. The molecule has 1 saturated heterocycles. The molecule has 23 heavy (non-hydrogen) atoms. The summed E-state index contributed by atoms with van der Waals surface area (Å²) in [4.78, 5) is 18.6. The second-order valence-electron chi connectivity index (χ2n) is 5.65. The predicted octanol–water partition coefficient (Wildman–Crippen LogP) is 2.57. The van der Waals surface area contributed by atoms with Crippen LogP contribution in [0.4, 0.5) is 0 Å². The predicted molar refractivity (Wildman–Crippen MR) is 89.2 cm³/mol. The van der Waals surface area contributed by atoms with Gasteiger partial charge in [-0.15, -0.1) is 11.3 Å². The van der Waals surface area contributed by atoms with Crippen molar-refractivity contribution in [3.8, 4) is 11.3 Å². The number of thiazole rings is 1. The minimum atomic E-state index is -0.516. The number of methoxy groups -OCH3 is 1. The topological polar surface area (TPSA) is 51.7 Å². The number of carbonyl (C=O) groups is 1. The van der Waals surface area contributed by atoms with E-state index in [0.717, 1.165) is 29.4 Å². The molecule has 0 amide bonds. The molecule has 122 valence electrons. The average Bonchev–Trinajstić information content (AvgIpc) is 3.03. The Balaban J connectivity index is 1.67. The number of aromatic nitrogens is 1. The number of ether oxygens (including phenoxy) is 2. The Morgan fingerprint density at radius 2 is 2.17 bits per heavy atom. The summed E-state index contributed by atoms with van der Waals surface area (Å²) >= 11 is 1.64. The van der Waals surface area contributed by atoms with Crippen LogP contribution in [-0.4, -0.2) is 48.3 Å². The maximum absolute atomic E-state index is 11.7. The lowest BCUT2D eigenvalue weighted by Crippen LogP contribution is -2.49. The van der Waals surface area contributed by atoms with Crippen LogP contribution in [0.2, 0.25) is 0 Å². The van der Waals surface area contributed by atoms with Gasteiger partial charge in [0.25, 0.3) is 0 Å². The second kappa shape index (κ2) is 7.21. The van der Waals surface area contributed by atoms with Gasteiger partial charge in [0.15, 0.2) is 6.10 Å². The van der Waals surface area contributed by atoms with Gasteiger partial charge in [-0.25, -0.2) is 9.78 Å². The monoisotopic (exact) mass is 332 g/mol. The van der Waals surface area contributed by atoms with Crippen molar-refractivity contribution >= 4 is 17.3 Å². The van der Waals surface area contributed by atoms with Crippen LogP contribution in [0.15, 0.2) is 35.7 Å². The van der Waals surface area contributed by atoms with E-state index in [1.807, 2.05) is 25.1 Å². The number of hydrogen-bond acceptors (Lipinski definition) is 6. The summed E-state index contributed by atoms with van der Waals surface area (Å²) < 4.78 is 10.4. The van der Waals surface area contributed by atoms with Gasteiger partial charge in [0.2, 0.25) is 0 Å². The van der Waals surface area contributed by atoms with Gasteiger partial charge >= 0.3 is 5.97 Å². The number of benzene rings is 1. The van der Waals surface area contributed by atoms with Gasteiger partial charge in [-0.05, 0) is 6.92 Å². The molecular formula is C17H20N2O3S. The Morgan fingerprint density at radius 3 is 2.91 bits per heavy atom. The van der Waals surface area contributed by atoms with E-state index in [-0.39, 0.29) is 12.1 Å². The smallest absolute Gasteiger partial charge is 0.336 e. The Hall–Kier alpha value is -1.76. The van der Waals surface area contributed by atoms with Crippen molar-refractivity contribution in [1.82, 2.24) is 9.88 Å². The Morgan fingerprint density at radius 1 is 1.39 bits per heavy atom. The van der Waals surface area contributed by atoms with Crippen LogP contribution in [0.25, 0.3) is 11.3 Å². The minimum Gasteiger partial charge on any atom is -0.467 e. The van der Waals surface area contributed by atoms with Crippen LogP contribution in [-0.2, 0) is 20.8 Å². The number of hydrogen-bond donors (Lipinski definition) is 0. The maximum Gasteiger partial charge on any atom is 0.336 e. The summed E-state index contributed by atoms with van der Waals surface area (Å²) in [5.74, 6) is -0.314. The lowest BCUT2D eigenvalue weighted by molar-refractivity contribution is -0.166. The highest BCUT2D eigenvalue weighted by Crippen LogP contribution is 2.23. The summed E-state index contributed by atoms with van der Waals surface area (Å²) in [5, 5.41) is 3.12. The standard InChI is InChI=1S/C17H20N2O3S/c1-12-8-19(9-15(22-12)17(20)21-2)10-16-18-14(11-23-16)13-6-4-3-5-7-13/h3-7,11-12,15H,8-10H2,1-2H3/t12-,15?/m1/s1. The third kappa shape index (κ3) is 3.96. The van der Waals surface area contributed by atoms with Crippen molar-refractivity contribution in [2.24, 2.45) is 0 Å². The van der Waals surface area contributed by atoms with Crippen LogP contribution in [0.1, 0.15) is 11.9 Å². The number of esters is 1. The van der Waals surface area contributed by atoms with Gasteiger partial charge in [0, 0.05) is 24.0 Å². The van der Waals surface area contributed by atoms with E-state index in [9.17, 15) is 4.79 Å². The highest BCUT2D eigenvalue weighted by Gasteiger charge is 2.31. The fourth-order valence-electron chi connectivity index (χ4n) is 2.75. The average molecular weight is 332 g/mol. The summed E-state index contributed by atoms with van der Waals surface area (Å²) in [6.45, 7) is 4.02. The molecule has 1 aliphatic heterocycles. The van der Waals surface area contributed by atoms with E-state index in [2.05, 4.69) is 22.4 Å². The van der Waals surface area contributed by atoms with E-state index >= 15 is 0 Å². The van der Waals surface area contributed by atoms with Crippen molar-refractivity contribution in [2.75, 3.05) is 20.2 Å². The molecule has 2 atom stereocenters. The summed E-state index contributed by atoms with van der Waals surface area (Å²) in [5.41, 5.74) is 2.12. The summed E-state index contributed by atoms with van der Waals surface area (Å²) in [7, 11) is 1.39. The Bertz CT molecular complexity index is 659. The zero-order chi connectivity index (χ0) is 16.2. The molecule has 1 unspecified atom stereocenters. The van der Waals surface area contributed by atoms with Crippen molar-refractivity contribution in [1.29, 1.82) is 0 Å². The number of rotatable bonds is 4. The third-order valence-electron chi connectivity index (χ3n) is 3.78. The van der Waals surface area contributed by atoms with Crippen LogP contribution < -0.4 is 0 Å². The second-order valence-corrected chi connectivity index (χ2v) is 6.59. The first-order valence-corrected chi connectivity index (χ1v) is 8.49. The molecule has 1 fully saturated rings. The van der Waals surface area contributed by atoms with Gasteiger partial charge in [-0.1, -0.05) is 30.3 Å². The highest BCUT2D eigenvalue weighted by atomic mass is 32.1. The largest absolute Gasteiger partial charge is 0.467 e. The zero-order valence-electron chi connectivity index (χ0n) is 13.3. The van der Waals surface area contributed by atoms with E-state index < -0.39 is 6.10 Å². The highest BCUT2D eigenvalue weighted by molar-refractivity contribution is 7.09. The minimum absolute atomic E-state index is 0.00130. The van der Waals surface area contributed by atoms with Gasteiger partial charge < -0.3 is 9.47 Å². The van der Waals surface area contributed by atoms with E-state index in [1.165, 1.54) is 7.11 Å². The first-order valence-electron chi connectivity index (χ1n) is 7.61. The number of carbonyl (C=O) groups excluding carboxylic acids is 1. The molecule has 0 saturated carbocycles. The molecule has 5 nitrogen and oxygen atoms in total. The Labute approximate surface area is 139 Å². The van der Waals surface area contributed by atoms with Crippen LogP contribution in [0.3, 0.4) is 0 Å². The van der Waals surface area contributed by atoms with Crippen LogP contribution in [0, 0.1) is 0 Å². The third-order valence-corrected chi connectivity index (χ3v) is 4.61. The van der Waals surface area contributed by atoms with Gasteiger partial charge in [-0.3, -0.25) is 4.90 Å². The lowest BCUT2D eigenvalue weighted by atomic mass is 10.2. The summed E-state index contributed by atoms with van der Waals surface area (Å²) in [6, 6.07) is 10.1. The molecule has 0 aliphatic carbocycles. The molecule has 1 aromatic heterocycles. The van der Waals surface area contributed by atoms with E-state index in [1.54, 1.807) is 11.3 Å². The molecule has 2 aromatic rings. The summed E-state index contributed by atoms with van der Waals surface area (Å²) in [6.07, 6.45) is -0.515. The fourth-order valence-corrected chi connectivity index (χ4v) is 3.59. The van der Waals surface area contributed by atoms with Crippen LogP contribution in [0.5, 0.6) is 0 Å². The molecule has 0 spiro atoms. The molecule has 2 heterocycles. The van der Waals surface area contributed by atoms with Crippen molar-refractivity contribution in [3.63, 3.8) is 0 Å². The van der Waals surface area contributed by atoms with Gasteiger partial charge in [-0.2, -0.15) is 0 Å². The quantitative estimate of drug-likeness (QED) is 0.806. The molecule has 0 bridgehead atoms. The van der Waals surface area contributed by atoms with Gasteiger partial charge in [0.1, 0.15) is 5.01 Å². The lowest BCUT2D eigenvalue weighted by Gasteiger charge is -2.34. The van der Waals surface area contributed by atoms with E-state index in [4.69, 9.17) is 14.5 Å². The molecule has 0 N–H and O–H groups in total. The SMILES string of the molecule is COC(=O)C1CN(Cc2nc(-c3ccccc3)cs2)C[C@@H](C)O1. The maximum atomic E-state index is 11.7. The zero-order valence-corrected chi connectivity index (χ0v) is 14.1. The van der Waals surface area contributed by atoms with E-state index in [0.29, 0.717) is 6.54 Å². The molecule has 6 heteroatoms. The number of nitrogens with zero attached hydrogens (tertiary/aromatic N) is 2. The van der Waals surface area contributed by atoms with Crippen molar-refractivity contribution in [3.05, 3.63) is 40.7 Å². The molecule has 3 rings (SSSR count). The van der Waals surface area contributed by atoms with Crippen LogP contribution >= 0.6 is 11.3 Å². The first kappa shape index (κ1) is 16.1. The molecule has 1 aromatic carbocycles. The molecular weight excluding hydrogens is 312 g/mol. The van der Waals surface area contributed by atoms with Gasteiger partial charge in [0.05, 0.1) is 25.5 Å². The first-order chi connectivity index (χ1) is 11.2.